The van der Waals surface area contributed by atoms with Gasteiger partial charge >= 0.3 is 5.97 Å². The summed E-state index contributed by atoms with van der Waals surface area (Å²) in [6.07, 6.45) is 2.46. The highest BCUT2D eigenvalue weighted by molar-refractivity contribution is 7.89. The summed E-state index contributed by atoms with van der Waals surface area (Å²) in [4.78, 5) is 12.0. The first-order valence-electron chi connectivity index (χ1n) is 6.77. The highest BCUT2D eigenvalue weighted by Crippen LogP contribution is 2.12. The van der Waals surface area contributed by atoms with Crippen molar-refractivity contribution in [1.82, 2.24) is 4.72 Å². The highest BCUT2D eigenvalue weighted by atomic mass is 32.2. The molecule has 116 valence electrons. The molecule has 0 aliphatic heterocycles. The first kappa shape index (κ1) is 17.4. The maximum absolute atomic E-state index is 12.3. The van der Waals surface area contributed by atoms with Gasteiger partial charge in [-0.05, 0) is 38.8 Å². The van der Waals surface area contributed by atoms with E-state index in [0.29, 0.717) is 12.8 Å². The summed E-state index contributed by atoms with van der Waals surface area (Å²) >= 11 is 0. The van der Waals surface area contributed by atoms with Crippen LogP contribution in [0.1, 0.15) is 25.3 Å². The van der Waals surface area contributed by atoms with Crippen molar-refractivity contribution in [2.24, 2.45) is 0 Å². The molecule has 0 unspecified atom stereocenters. The Morgan fingerprint density at radius 3 is 2.52 bits per heavy atom. The molecule has 0 bridgehead atoms. The molecule has 0 fully saturated rings. The van der Waals surface area contributed by atoms with Crippen LogP contribution in [0, 0.1) is 6.92 Å². The van der Waals surface area contributed by atoms with Crippen LogP contribution in [0.3, 0.4) is 0 Å². The molecular formula is C15H21NO4S. The molecule has 1 aromatic carbocycles. The zero-order valence-electron chi connectivity index (χ0n) is 12.3. The second kappa shape index (κ2) is 7.95. The Hall–Kier alpha value is -1.66. The van der Waals surface area contributed by atoms with E-state index < -0.39 is 22.0 Å². The molecule has 5 nitrogen and oxygen atoms in total. The van der Waals surface area contributed by atoms with Crippen LogP contribution in [0.5, 0.6) is 0 Å². The Kier molecular flexibility index (Phi) is 6.58. The number of allylic oxidation sites excluding steroid dienone is 1. The molecule has 0 aromatic heterocycles. The van der Waals surface area contributed by atoms with Crippen LogP contribution in [0.4, 0.5) is 0 Å². The van der Waals surface area contributed by atoms with E-state index >= 15 is 0 Å². The van der Waals surface area contributed by atoms with Gasteiger partial charge in [-0.3, -0.25) is 4.79 Å². The molecule has 0 aliphatic carbocycles. The molecule has 0 radical (unpaired) electrons. The summed E-state index contributed by atoms with van der Waals surface area (Å²) < 4.78 is 31.9. The van der Waals surface area contributed by atoms with Crippen molar-refractivity contribution in [3.05, 3.63) is 42.5 Å². The fourth-order valence-corrected chi connectivity index (χ4v) is 2.94. The molecule has 1 rings (SSSR count). The molecule has 0 aliphatic rings. The van der Waals surface area contributed by atoms with Crippen molar-refractivity contribution in [2.75, 3.05) is 6.61 Å². The Morgan fingerprint density at radius 2 is 2.00 bits per heavy atom. The number of ether oxygens (including phenoxy) is 1. The number of aryl methyl sites for hydroxylation is 1. The fraction of sp³-hybridized carbons (Fsp3) is 0.400. The lowest BCUT2D eigenvalue weighted by Crippen LogP contribution is -2.41. The molecule has 0 saturated heterocycles. The minimum Gasteiger partial charge on any atom is -0.465 e. The van der Waals surface area contributed by atoms with Gasteiger partial charge in [0, 0.05) is 0 Å². The maximum Gasteiger partial charge on any atom is 0.324 e. The number of hydrogen-bond acceptors (Lipinski definition) is 4. The first-order chi connectivity index (χ1) is 9.90. The van der Waals surface area contributed by atoms with Crippen molar-refractivity contribution in [2.45, 2.75) is 37.6 Å². The summed E-state index contributed by atoms with van der Waals surface area (Å²) in [5.41, 5.74) is 0.961. The lowest BCUT2D eigenvalue weighted by atomic mass is 10.2. The molecule has 0 spiro atoms. The van der Waals surface area contributed by atoms with Crippen LogP contribution in [-0.4, -0.2) is 27.0 Å². The summed E-state index contributed by atoms with van der Waals surface area (Å²) in [5.74, 6) is -0.574. The minimum absolute atomic E-state index is 0.126. The van der Waals surface area contributed by atoms with Crippen LogP contribution in [-0.2, 0) is 19.6 Å². The number of nitrogens with one attached hydrogen (secondary N) is 1. The topological polar surface area (TPSA) is 72.5 Å². The van der Waals surface area contributed by atoms with Crippen molar-refractivity contribution >= 4 is 16.0 Å². The van der Waals surface area contributed by atoms with Gasteiger partial charge in [-0.1, -0.05) is 23.8 Å². The number of carbonyl (C=O) groups excluding carboxylic acids is 1. The molecule has 21 heavy (non-hydrogen) atoms. The van der Waals surface area contributed by atoms with Crippen molar-refractivity contribution < 1.29 is 17.9 Å². The first-order valence-corrected chi connectivity index (χ1v) is 8.25. The average molecular weight is 311 g/mol. The lowest BCUT2D eigenvalue weighted by Gasteiger charge is -2.16. The number of carbonyl (C=O) groups is 1. The van der Waals surface area contributed by atoms with Gasteiger partial charge in [0.05, 0.1) is 11.5 Å². The van der Waals surface area contributed by atoms with Crippen LogP contribution in [0.2, 0.25) is 0 Å². The molecule has 1 aromatic rings. The molecule has 0 saturated carbocycles. The fourth-order valence-electron chi connectivity index (χ4n) is 1.73. The Labute approximate surface area is 126 Å². The van der Waals surface area contributed by atoms with E-state index in [1.54, 1.807) is 25.1 Å². The van der Waals surface area contributed by atoms with E-state index in [1.807, 2.05) is 6.92 Å². The third-order valence-electron chi connectivity index (χ3n) is 2.86. The Morgan fingerprint density at radius 1 is 1.38 bits per heavy atom. The van der Waals surface area contributed by atoms with Crippen molar-refractivity contribution in [3.8, 4) is 0 Å². The standard InChI is InChI=1S/C15H21NO4S/c1-4-6-7-14(15(17)20-5-2)16-21(18,19)13-10-8-12(3)9-11-13/h4,8-11,14,16H,1,5-7H2,2-3H3/t14-/m0/s1. The van der Waals surface area contributed by atoms with E-state index in [0.717, 1.165) is 5.56 Å². The predicted octanol–water partition coefficient (Wildman–Crippen LogP) is 2.17. The van der Waals surface area contributed by atoms with Gasteiger partial charge in [0.25, 0.3) is 0 Å². The van der Waals surface area contributed by atoms with E-state index in [-0.39, 0.29) is 11.5 Å². The third kappa shape index (κ3) is 5.32. The van der Waals surface area contributed by atoms with Gasteiger partial charge in [0.15, 0.2) is 0 Å². The molecule has 1 N–H and O–H groups in total. The van der Waals surface area contributed by atoms with Gasteiger partial charge < -0.3 is 4.74 Å². The second-order valence-electron chi connectivity index (χ2n) is 4.61. The summed E-state index contributed by atoms with van der Waals surface area (Å²) in [5, 5.41) is 0. The van der Waals surface area contributed by atoms with E-state index in [1.165, 1.54) is 12.1 Å². The van der Waals surface area contributed by atoms with Crippen LogP contribution in [0.15, 0.2) is 41.8 Å². The molecule has 6 heteroatoms. The zero-order valence-corrected chi connectivity index (χ0v) is 13.2. The Balaban J connectivity index is 2.92. The number of sulfonamides is 1. The van der Waals surface area contributed by atoms with Crippen molar-refractivity contribution in [1.29, 1.82) is 0 Å². The molecule has 0 heterocycles. The average Bonchev–Trinajstić information content (AvgIpc) is 2.44. The number of esters is 1. The summed E-state index contributed by atoms with van der Waals surface area (Å²) in [6.45, 7) is 7.32. The number of benzene rings is 1. The lowest BCUT2D eigenvalue weighted by molar-refractivity contribution is -0.145. The maximum atomic E-state index is 12.3. The normalized spacial score (nSPS) is 12.7. The van der Waals surface area contributed by atoms with E-state index in [4.69, 9.17) is 4.74 Å². The monoisotopic (exact) mass is 311 g/mol. The quantitative estimate of drug-likeness (QED) is 0.590. The highest BCUT2D eigenvalue weighted by Gasteiger charge is 2.26. The van der Waals surface area contributed by atoms with Crippen LogP contribution in [0.25, 0.3) is 0 Å². The van der Waals surface area contributed by atoms with E-state index in [9.17, 15) is 13.2 Å². The smallest absolute Gasteiger partial charge is 0.324 e. The van der Waals surface area contributed by atoms with Crippen LogP contribution < -0.4 is 4.72 Å². The zero-order chi connectivity index (χ0) is 15.9. The minimum atomic E-state index is -3.76. The van der Waals surface area contributed by atoms with E-state index in [2.05, 4.69) is 11.3 Å². The third-order valence-corrected chi connectivity index (χ3v) is 4.35. The molecule has 0 amide bonds. The SMILES string of the molecule is C=CCC[C@H](NS(=O)(=O)c1ccc(C)cc1)C(=O)OCC. The molecular weight excluding hydrogens is 290 g/mol. The van der Waals surface area contributed by atoms with Gasteiger partial charge in [-0.25, -0.2) is 8.42 Å². The van der Waals surface area contributed by atoms with Gasteiger partial charge in [0.1, 0.15) is 6.04 Å². The van der Waals surface area contributed by atoms with Gasteiger partial charge in [-0.15, -0.1) is 6.58 Å². The largest absolute Gasteiger partial charge is 0.465 e. The Bertz CT molecular complexity index is 578. The summed E-state index contributed by atoms with van der Waals surface area (Å²) in [7, 11) is -3.76. The van der Waals surface area contributed by atoms with Gasteiger partial charge in [0.2, 0.25) is 10.0 Å². The second-order valence-corrected chi connectivity index (χ2v) is 6.32. The number of hydrogen-bond donors (Lipinski definition) is 1. The van der Waals surface area contributed by atoms with Crippen LogP contribution >= 0.6 is 0 Å². The summed E-state index contributed by atoms with van der Waals surface area (Å²) in [6, 6.07) is 5.52. The molecule has 1 atom stereocenters. The van der Waals surface area contributed by atoms with Crippen molar-refractivity contribution in [3.63, 3.8) is 0 Å². The number of rotatable bonds is 8. The van der Waals surface area contributed by atoms with Gasteiger partial charge in [-0.2, -0.15) is 4.72 Å². The predicted molar refractivity (Wildman–Crippen MR) is 81.4 cm³/mol.